The third-order valence-electron chi connectivity index (χ3n) is 6.08. The number of nitrogens with one attached hydrogen (secondary N) is 1. The molecule has 2 aromatic carbocycles. The Balaban J connectivity index is 1.70. The second-order valence-corrected chi connectivity index (χ2v) is 9.71. The summed E-state index contributed by atoms with van der Waals surface area (Å²) in [6.45, 7) is 4.81. The monoisotopic (exact) mass is 569 g/mol. The van der Waals surface area contributed by atoms with Crippen LogP contribution in [0.2, 0.25) is 0 Å². The predicted octanol–water partition coefficient (Wildman–Crippen LogP) is 4.50. The molecule has 0 bridgehead atoms. The van der Waals surface area contributed by atoms with Crippen molar-refractivity contribution in [2.24, 2.45) is 16.6 Å². The Kier molecular flexibility index (Phi) is 8.55. The Morgan fingerprint density at radius 1 is 1.17 bits per heavy atom. The van der Waals surface area contributed by atoms with Gasteiger partial charge in [0.2, 0.25) is 11.6 Å². The second kappa shape index (κ2) is 12.1. The minimum atomic E-state index is -1.30. The Labute approximate surface area is 234 Å². The molecule has 1 aliphatic heterocycles. The van der Waals surface area contributed by atoms with Crippen LogP contribution >= 0.6 is 0 Å². The number of pyridine rings is 1. The number of phenolic OH excluding ortho intramolecular Hbond substituents is 1. The zero-order valence-corrected chi connectivity index (χ0v) is 22.5. The van der Waals surface area contributed by atoms with Crippen LogP contribution in [0.4, 0.5) is 8.78 Å². The van der Waals surface area contributed by atoms with Gasteiger partial charge in [-0.15, -0.1) is 0 Å². The lowest BCUT2D eigenvalue weighted by Crippen LogP contribution is -2.29. The third-order valence-corrected chi connectivity index (χ3v) is 6.08. The Hall–Kier alpha value is -4.94. The van der Waals surface area contributed by atoms with Gasteiger partial charge in [0, 0.05) is 19.2 Å². The van der Waals surface area contributed by atoms with E-state index in [-0.39, 0.29) is 46.7 Å². The number of nitrogen functional groups attached to an aromatic ring is 1. The topological polar surface area (TPSA) is 164 Å². The van der Waals surface area contributed by atoms with E-state index in [1.165, 1.54) is 36.4 Å². The SMILES string of the molecule is CC(C)CC(Oc1ccc(Oc2c(F)cnc(Oc3cc(C(=N)N)ccc3O)c2F)c(C2=NCCN2C)c1)C(=O)O. The molecule has 0 amide bonds. The number of rotatable bonds is 11. The summed E-state index contributed by atoms with van der Waals surface area (Å²) in [5.74, 6) is -5.32. The standard InChI is InChI=1S/C28H29F2N5O6/c1-14(2)10-22(28(37)38)39-16-5-7-20(17(12-16)26-33-8-9-35(26)3)40-24-18(29)13-34-27(23(24)30)41-21-11-15(25(31)32)4-6-19(21)36/h4-7,11-14,22,36H,8-10H2,1-3H3,(H3,31,32)(H,37,38). The Morgan fingerprint density at radius 3 is 2.56 bits per heavy atom. The number of carbonyl (C=O) groups is 1. The lowest BCUT2D eigenvalue weighted by atomic mass is 10.1. The first-order chi connectivity index (χ1) is 19.4. The Morgan fingerprint density at radius 2 is 1.93 bits per heavy atom. The third kappa shape index (κ3) is 6.62. The van der Waals surface area contributed by atoms with Crippen molar-refractivity contribution >= 4 is 17.6 Å². The highest BCUT2D eigenvalue weighted by Crippen LogP contribution is 2.38. The molecule has 0 aliphatic carbocycles. The van der Waals surface area contributed by atoms with Crippen molar-refractivity contribution in [3.63, 3.8) is 0 Å². The summed E-state index contributed by atoms with van der Waals surface area (Å²) >= 11 is 0. The molecule has 0 spiro atoms. The average molecular weight is 570 g/mol. The molecule has 1 aromatic heterocycles. The van der Waals surface area contributed by atoms with Crippen LogP contribution in [-0.2, 0) is 4.79 Å². The summed E-state index contributed by atoms with van der Waals surface area (Å²) in [7, 11) is 1.78. The lowest BCUT2D eigenvalue weighted by molar-refractivity contribution is -0.145. The van der Waals surface area contributed by atoms with Gasteiger partial charge in [-0.25, -0.2) is 14.2 Å². The number of hydrogen-bond acceptors (Lipinski definition) is 9. The molecule has 4 rings (SSSR count). The number of halogens is 2. The number of benzene rings is 2. The number of carboxylic acids is 1. The number of aliphatic carboxylic acids is 1. The van der Waals surface area contributed by atoms with Crippen LogP contribution < -0.4 is 19.9 Å². The minimum Gasteiger partial charge on any atom is -0.504 e. The van der Waals surface area contributed by atoms with Crippen molar-refractivity contribution in [3.8, 4) is 34.6 Å². The maximum absolute atomic E-state index is 15.5. The molecule has 0 fully saturated rings. The number of likely N-dealkylation sites (N-methyl/N-ethyl adjacent to an activating group) is 1. The van der Waals surface area contributed by atoms with Gasteiger partial charge in [-0.05, 0) is 48.7 Å². The van der Waals surface area contributed by atoms with E-state index in [2.05, 4.69) is 9.98 Å². The van der Waals surface area contributed by atoms with Gasteiger partial charge in [0.25, 0.3) is 5.88 Å². The molecule has 13 heteroatoms. The van der Waals surface area contributed by atoms with Gasteiger partial charge in [-0.2, -0.15) is 4.39 Å². The maximum atomic E-state index is 15.5. The largest absolute Gasteiger partial charge is 0.504 e. The van der Waals surface area contributed by atoms with Crippen LogP contribution in [0.1, 0.15) is 31.4 Å². The van der Waals surface area contributed by atoms with Crippen LogP contribution in [0.3, 0.4) is 0 Å². The van der Waals surface area contributed by atoms with E-state index in [4.69, 9.17) is 25.4 Å². The highest BCUT2D eigenvalue weighted by molar-refractivity contribution is 6.02. The molecule has 3 aromatic rings. The minimum absolute atomic E-state index is 0.0111. The first-order valence-electron chi connectivity index (χ1n) is 12.6. The fourth-order valence-electron chi connectivity index (χ4n) is 4.04. The number of nitrogens with zero attached hydrogens (tertiary/aromatic N) is 3. The zero-order valence-electron chi connectivity index (χ0n) is 22.5. The van der Waals surface area contributed by atoms with Crippen LogP contribution in [0.5, 0.6) is 34.6 Å². The van der Waals surface area contributed by atoms with E-state index in [0.717, 1.165) is 0 Å². The second-order valence-electron chi connectivity index (χ2n) is 9.71. The number of aromatic nitrogens is 1. The number of amidine groups is 2. The molecule has 0 radical (unpaired) electrons. The van der Waals surface area contributed by atoms with Gasteiger partial charge in [0.05, 0.1) is 18.3 Å². The maximum Gasteiger partial charge on any atom is 0.344 e. The molecule has 0 saturated heterocycles. The van der Waals surface area contributed by atoms with Crippen molar-refractivity contribution in [1.29, 1.82) is 5.41 Å². The number of aliphatic imine (C=N–C) groups is 1. The highest BCUT2D eigenvalue weighted by Gasteiger charge is 2.26. The molecule has 11 nitrogen and oxygen atoms in total. The number of aromatic hydroxyl groups is 1. The summed E-state index contributed by atoms with van der Waals surface area (Å²) in [6.07, 6.45) is -0.143. The Bertz CT molecular complexity index is 1510. The fourth-order valence-corrected chi connectivity index (χ4v) is 4.04. The molecular weight excluding hydrogens is 540 g/mol. The van der Waals surface area contributed by atoms with E-state index in [9.17, 15) is 19.4 Å². The van der Waals surface area contributed by atoms with E-state index in [1.807, 2.05) is 18.7 Å². The number of carboxylic acid groups (broad SMARTS) is 1. The van der Waals surface area contributed by atoms with Crippen LogP contribution in [-0.4, -0.2) is 64.0 Å². The fraction of sp³-hybridized carbons (Fsp3) is 0.286. The van der Waals surface area contributed by atoms with Crippen LogP contribution in [0.25, 0.3) is 0 Å². The quantitative estimate of drug-likeness (QED) is 0.192. The number of phenols is 1. The summed E-state index contributed by atoms with van der Waals surface area (Å²) in [5, 5.41) is 27.3. The van der Waals surface area contributed by atoms with Crippen molar-refractivity contribution in [1.82, 2.24) is 9.88 Å². The van der Waals surface area contributed by atoms with Gasteiger partial charge in [0.1, 0.15) is 23.2 Å². The van der Waals surface area contributed by atoms with E-state index in [1.54, 1.807) is 7.05 Å². The molecule has 41 heavy (non-hydrogen) atoms. The summed E-state index contributed by atoms with van der Waals surface area (Å²) in [4.78, 5) is 21.6. The van der Waals surface area contributed by atoms with Crippen molar-refractivity contribution in [3.05, 3.63) is 65.4 Å². The van der Waals surface area contributed by atoms with E-state index < -0.39 is 35.3 Å². The van der Waals surface area contributed by atoms with Gasteiger partial charge in [-0.1, -0.05) is 13.8 Å². The highest BCUT2D eigenvalue weighted by atomic mass is 19.1. The first kappa shape index (κ1) is 29.1. The molecule has 216 valence electrons. The van der Waals surface area contributed by atoms with Crippen molar-refractivity contribution in [2.75, 3.05) is 20.1 Å². The lowest BCUT2D eigenvalue weighted by Gasteiger charge is -2.21. The molecule has 2 heterocycles. The van der Waals surface area contributed by atoms with Crippen LogP contribution in [0, 0.1) is 23.0 Å². The molecule has 5 N–H and O–H groups in total. The molecular formula is C28H29F2N5O6. The van der Waals surface area contributed by atoms with Crippen LogP contribution in [0.15, 0.2) is 47.6 Å². The molecule has 1 unspecified atom stereocenters. The number of hydrogen-bond donors (Lipinski definition) is 4. The summed E-state index contributed by atoms with van der Waals surface area (Å²) in [5.41, 5.74) is 5.99. The van der Waals surface area contributed by atoms with Gasteiger partial charge < -0.3 is 35.1 Å². The predicted molar refractivity (Wildman–Crippen MR) is 145 cm³/mol. The van der Waals surface area contributed by atoms with Gasteiger partial charge in [-0.3, -0.25) is 10.4 Å². The summed E-state index contributed by atoms with van der Waals surface area (Å²) < 4.78 is 47.2. The van der Waals surface area contributed by atoms with Crippen molar-refractivity contribution < 1.29 is 38.0 Å². The van der Waals surface area contributed by atoms with Gasteiger partial charge in [0.15, 0.2) is 23.4 Å². The molecule has 0 saturated carbocycles. The average Bonchev–Trinajstić information content (AvgIpc) is 3.34. The molecule has 1 aliphatic rings. The van der Waals surface area contributed by atoms with E-state index in [0.29, 0.717) is 30.7 Å². The van der Waals surface area contributed by atoms with E-state index >= 15 is 4.39 Å². The normalized spacial score (nSPS) is 13.6. The van der Waals surface area contributed by atoms with Gasteiger partial charge >= 0.3 is 5.97 Å². The van der Waals surface area contributed by atoms with Crippen molar-refractivity contribution in [2.45, 2.75) is 26.4 Å². The number of nitrogens with two attached hydrogens (primary N) is 1. The first-order valence-corrected chi connectivity index (χ1v) is 12.6. The molecule has 1 atom stereocenters. The number of ether oxygens (including phenoxy) is 3. The smallest absolute Gasteiger partial charge is 0.344 e. The summed E-state index contributed by atoms with van der Waals surface area (Å²) in [6, 6.07) is 8.12. The zero-order chi connectivity index (χ0) is 29.8.